The molecular formula is C27H36O2. The maximum absolute atomic E-state index is 11.5. The molecule has 0 amide bonds. The fraction of sp³-hybridized carbons (Fsp3) is 0.519. The zero-order chi connectivity index (χ0) is 21.4. The number of hydrogen-bond acceptors (Lipinski definition) is 1. The lowest BCUT2D eigenvalue weighted by molar-refractivity contribution is -0.131. The maximum Gasteiger partial charge on any atom is 0.328 e. The normalized spacial score (nSPS) is 23.7. The molecule has 1 N–H and O–H groups in total. The van der Waals surface area contributed by atoms with Crippen LogP contribution in [0.15, 0.2) is 42.5 Å². The molecule has 2 heteroatoms. The van der Waals surface area contributed by atoms with Gasteiger partial charge < -0.3 is 5.11 Å². The Labute approximate surface area is 176 Å². The Morgan fingerprint density at radius 3 is 2.62 bits per heavy atom. The molecule has 0 radical (unpaired) electrons. The van der Waals surface area contributed by atoms with E-state index in [0.717, 1.165) is 23.5 Å². The monoisotopic (exact) mass is 392 g/mol. The van der Waals surface area contributed by atoms with Gasteiger partial charge in [-0.3, -0.25) is 0 Å². The van der Waals surface area contributed by atoms with Crippen LogP contribution in [0.1, 0.15) is 83.9 Å². The van der Waals surface area contributed by atoms with Crippen LogP contribution in [0.5, 0.6) is 0 Å². The second-order valence-corrected chi connectivity index (χ2v) is 10.5. The van der Waals surface area contributed by atoms with Crippen LogP contribution in [0.3, 0.4) is 0 Å². The first kappa shape index (κ1) is 21.6. The van der Waals surface area contributed by atoms with Crippen LogP contribution in [0.2, 0.25) is 0 Å². The van der Waals surface area contributed by atoms with Gasteiger partial charge in [-0.25, -0.2) is 4.79 Å². The van der Waals surface area contributed by atoms with Gasteiger partial charge in [0.25, 0.3) is 0 Å². The molecule has 0 saturated heterocycles. The zero-order valence-electron chi connectivity index (χ0n) is 18.9. The topological polar surface area (TPSA) is 37.3 Å². The maximum atomic E-state index is 11.5. The molecular weight excluding hydrogens is 356 g/mol. The summed E-state index contributed by atoms with van der Waals surface area (Å²) in [5, 5.41) is 9.44. The third kappa shape index (κ3) is 4.91. The van der Waals surface area contributed by atoms with Crippen LogP contribution in [-0.4, -0.2) is 11.1 Å². The van der Waals surface area contributed by atoms with E-state index in [0.29, 0.717) is 5.92 Å². The SMILES string of the molecule is CCC[C@H]1C[C@@H]1/C=C/C(=C\C(=O)O)c1ccc2c(c1)C(C(C)(C)C)=CCC2(C)C. The predicted octanol–water partition coefficient (Wildman–Crippen LogP) is 7.26. The van der Waals surface area contributed by atoms with E-state index in [1.54, 1.807) is 0 Å². The number of allylic oxidation sites excluding steroid dienone is 5. The minimum atomic E-state index is -0.893. The molecule has 1 aromatic carbocycles. The van der Waals surface area contributed by atoms with Crippen LogP contribution in [0, 0.1) is 17.3 Å². The molecule has 29 heavy (non-hydrogen) atoms. The van der Waals surface area contributed by atoms with Crippen molar-refractivity contribution in [2.24, 2.45) is 17.3 Å². The van der Waals surface area contributed by atoms with Crippen molar-refractivity contribution in [3.05, 3.63) is 59.2 Å². The fourth-order valence-electron chi connectivity index (χ4n) is 4.62. The van der Waals surface area contributed by atoms with Crippen molar-refractivity contribution >= 4 is 17.1 Å². The lowest BCUT2D eigenvalue weighted by Crippen LogP contribution is -2.25. The van der Waals surface area contributed by atoms with Crippen molar-refractivity contribution in [2.75, 3.05) is 0 Å². The van der Waals surface area contributed by atoms with Gasteiger partial charge in [-0.2, -0.15) is 0 Å². The minimum absolute atomic E-state index is 0.0533. The summed E-state index contributed by atoms with van der Waals surface area (Å²) < 4.78 is 0. The van der Waals surface area contributed by atoms with Gasteiger partial charge in [0, 0.05) is 6.08 Å². The van der Waals surface area contributed by atoms with Gasteiger partial charge in [0.15, 0.2) is 0 Å². The first-order valence-corrected chi connectivity index (χ1v) is 11.0. The molecule has 0 heterocycles. The first-order valence-electron chi connectivity index (χ1n) is 11.0. The zero-order valence-corrected chi connectivity index (χ0v) is 18.9. The highest BCUT2D eigenvalue weighted by Crippen LogP contribution is 2.46. The van der Waals surface area contributed by atoms with Gasteiger partial charge in [0.05, 0.1) is 0 Å². The third-order valence-corrected chi connectivity index (χ3v) is 6.44. The Balaban J connectivity index is 2.00. The number of hydrogen-bond donors (Lipinski definition) is 1. The lowest BCUT2D eigenvalue weighted by Gasteiger charge is -2.37. The van der Waals surface area contributed by atoms with Crippen LogP contribution in [-0.2, 0) is 10.2 Å². The summed E-state index contributed by atoms with van der Waals surface area (Å²) in [4.78, 5) is 11.5. The summed E-state index contributed by atoms with van der Waals surface area (Å²) in [5.74, 6) is 0.492. The van der Waals surface area contributed by atoms with Gasteiger partial charge in [-0.1, -0.05) is 84.7 Å². The van der Waals surface area contributed by atoms with Crippen LogP contribution in [0.4, 0.5) is 0 Å². The average molecular weight is 393 g/mol. The summed E-state index contributed by atoms with van der Waals surface area (Å²) in [7, 11) is 0. The van der Waals surface area contributed by atoms with Crippen molar-refractivity contribution in [2.45, 2.75) is 72.6 Å². The highest BCUT2D eigenvalue weighted by atomic mass is 16.4. The Hall–Kier alpha value is -2.09. The number of carboxylic acid groups (broad SMARTS) is 1. The van der Waals surface area contributed by atoms with Crippen LogP contribution < -0.4 is 0 Å². The molecule has 0 spiro atoms. The van der Waals surface area contributed by atoms with E-state index in [1.165, 1.54) is 42.0 Å². The number of fused-ring (bicyclic) bond motifs is 1. The molecule has 1 aromatic rings. The van der Waals surface area contributed by atoms with E-state index in [9.17, 15) is 9.90 Å². The smallest absolute Gasteiger partial charge is 0.328 e. The van der Waals surface area contributed by atoms with Gasteiger partial charge >= 0.3 is 5.97 Å². The summed E-state index contributed by atoms with van der Waals surface area (Å²) >= 11 is 0. The summed E-state index contributed by atoms with van der Waals surface area (Å²) in [6.45, 7) is 13.6. The summed E-state index contributed by atoms with van der Waals surface area (Å²) in [5.41, 5.74) is 5.91. The van der Waals surface area contributed by atoms with Gasteiger partial charge in [-0.05, 0) is 69.4 Å². The molecule has 2 aliphatic carbocycles. The highest BCUT2D eigenvalue weighted by molar-refractivity contribution is 5.93. The molecule has 0 aromatic heterocycles. The largest absolute Gasteiger partial charge is 0.478 e. The Morgan fingerprint density at radius 2 is 2.00 bits per heavy atom. The van der Waals surface area contributed by atoms with Gasteiger partial charge in [0.2, 0.25) is 0 Å². The van der Waals surface area contributed by atoms with Crippen molar-refractivity contribution in [3.8, 4) is 0 Å². The second kappa shape index (κ2) is 7.97. The van der Waals surface area contributed by atoms with Crippen molar-refractivity contribution in [1.29, 1.82) is 0 Å². The van der Waals surface area contributed by atoms with E-state index in [4.69, 9.17) is 0 Å². The minimum Gasteiger partial charge on any atom is -0.478 e. The third-order valence-electron chi connectivity index (χ3n) is 6.44. The van der Waals surface area contributed by atoms with Crippen molar-refractivity contribution in [1.82, 2.24) is 0 Å². The molecule has 2 atom stereocenters. The molecule has 1 fully saturated rings. The van der Waals surface area contributed by atoms with E-state index < -0.39 is 5.97 Å². The lowest BCUT2D eigenvalue weighted by atomic mass is 9.68. The van der Waals surface area contributed by atoms with Crippen molar-refractivity contribution in [3.63, 3.8) is 0 Å². The standard InChI is InChI=1S/C27H36O2/c1-7-8-18-15-19(18)9-10-21(17-25(28)29)20-11-12-24-22(16-20)23(26(2,3)4)13-14-27(24,5)6/h9-13,16-19H,7-8,14-15H2,1-6H3,(H,28,29)/b10-9+,21-17+/t18-,19-/m0/s1. The Bertz CT molecular complexity index is 874. The number of aliphatic carboxylic acids is 1. The molecule has 2 aliphatic rings. The predicted molar refractivity (Wildman–Crippen MR) is 123 cm³/mol. The quantitative estimate of drug-likeness (QED) is 0.408. The molecule has 1 saturated carbocycles. The molecule has 0 unspecified atom stereocenters. The Morgan fingerprint density at radius 1 is 1.28 bits per heavy atom. The van der Waals surface area contributed by atoms with Crippen molar-refractivity contribution < 1.29 is 9.90 Å². The van der Waals surface area contributed by atoms with Crippen LogP contribution >= 0.6 is 0 Å². The summed E-state index contributed by atoms with van der Waals surface area (Å²) in [6.07, 6.45) is 12.7. The first-order chi connectivity index (χ1) is 13.5. The van der Waals surface area contributed by atoms with E-state index in [2.05, 4.69) is 71.9 Å². The summed E-state index contributed by atoms with van der Waals surface area (Å²) in [6, 6.07) is 6.52. The molecule has 0 bridgehead atoms. The highest BCUT2D eigenvalue weighted by Gasteiger charge is 2.34. The molecule has 3 rings (SSSR count). The van der Waals surface area contributed by atoms with Crippen LogP contribution in [0.25, 0.3) is 11.1 Å². The number of benzene rings is 1. The molecule has 156 valence electrons. The molecule has 0 aliphatic heterocycles. The number of carboxylic acids is 1. The second-order valence-electron chi connectivity index (χ2n) is 10.5. The van der Waals surface area contributed by atoms with E-state index >= 15 is 0 Å². The van der Waals surface area contributed by atoms with Gasteiger partial charge in [0.1, 0.15) is 0 Å². The average Bonchev–Trinajstić information content (AvgIpc) is 3.35. The van der Waals surface area contributed by atoms with E-state index in [-0.39, 0.29) is 10.8 Å². The molecule has 2 nitrogen and oxygen atoms in total. The van der Waals surface area contributed by atoms with E-state index in [1.807, 2.05) is 6.08 Å². The van der Waals surface area contributed by atoms with Gasteiger partial charge in [-0.15, -0.1) is 0 Å². The fourth-order valence-corrected chi connectivity index (χ4v) is 4.62. The Kier molecular flexibility index (Phi) is 5.94. The number of carbonyl (C=O) groups is 1. The number of rotatable bonds is 6.